The van der Waals surface area contributed by atoms with Gasteiger partial charge in [0.2, 0.25) is 0 Å². The van der Waals surface area contributed by atoms with Crippen LogP contribution in [0.25, 0.3) is 21.9 Å². The lowest BCUT2D eigenvalue weighted by molar-refractivity contribution is -0.136. The standard InChI is InChI=1S/C29H30N2O6/c1-16-12-23-25(19-9-7-10-20(19)26(32)35-23)24(13-16)36-27(33)22(31-28(34)37-29(2,3)4)14-17-15-30-21-11-6-5-8-18(17)21/h5-6,8,11-13,15,22,30H,7,9-10,14H2,1-4H3,(H,31,34)/t22-/m1/s1. The summed E-state index contributed by atoms with van der Waals surface area (Å²) in [6.07, 6.45) is 3.49. The summed E-state index contributed by atoms with van der Waals surface area (Å²) in [6.45, 7) is 7.11. The number of H-pyrrole nitrogens is 1. The van der Waals surface area contributed by atoms with Gasteiger partial charge >= 0.3 is 17.7 Å². The lowest BCUT2D eigenvalue weighted by Gasteiger charge is -2.23. The van der Waals surface area contributed by atoms with Crippen LogP contribution >= 0.6 is 0 Å². The predicted molar refractivity (Wildman–Crippen MR) is 140 cm³/mol. The molecule has 2 heterocycles. The van der Waals surface area contributed by atoms with E-state index in [1.165, 1.54) is 0 Å². The molecule has 4 aromatic rings. The molecular weight excluding hydrogens is 472 g/mol. The number of aromatic nitrogens is 1. The minimum atomic E-state index is -1.02. The molecule has 8 heteroatoms. The smallest absolute Gasteiger partial charge is 0.408 e. The minimum Gasteiger partial charge on any atom is -0.444 e. The van der Waals surface area contributed by atoms with Gasteiger partial charge in [-0.15, -0.1) is 0 Å². The van der Waals surface area contributed by atoms with Crippen LogP contribution in [0.5, 0.6) is 5.75 Å². The summed E-state index contributed by atoms with van der Waals surface area (Å²) in [6, 6.07) is 10.3. The first-order chi connectivity index (χ1) is 17.6. The highest BCUT2D eigenvalue weighted by molar-refractivity contribution is 5.93. The number of hydrogen-bond acceptors (Lipinski definition) is 6. The number of esters is 1. The van der Waals surface area contributed by atoms with Crippen molar-refractivity contribution in [3.05, 3.63) is 75.3 Å². The van der Waals surface area contributed by atoms with Gasteiger partial charge < -0.3 is 24.2 Å². The third-order valence-electron chi connectivity index (χ3n) is 6.46. The van der Waals surface area contributed by atoms with Crippen LogP contribution in [0.1, 0.15) is 49.4 Å². The first-order valence-electron chi connectivity index (χ1n) is 12.4. The number of para-hydroxylation sites is 1. The van der Waals surface area contributed by atoms with E-state index < -0.39 is 23.7 Å². The Morgan fingerprint density at radius 3 is 2.68 bits per heavy atom. The van der Waals surface area contributed by atoms with Gasteiger partial charge in [0, 0.05) is 29.1 Å². The molecule has 0 spiro atoms. The molecule has 0 fully saturated rings. The van der Waals surface area contributed by atoms with E-state index in [1.807, 2.05) is 37.4 Å². The molecule has 37 heavy (non-hydrogen) atoms. The maximum Gasteiger partial charge on any atom is 0.408 e. The van der Waals surface area contributed by atoms with Crippen LogP contribution < -0.4 is 15.7 Å². The van der Waals surface area contributed by atoms with Gasteiger partial charge in [-0.3, -0.25) is 0 Å². The Labute approximate surface area is 214 Å². The molecule has 2 N–H and O–H groups in total. The maximum absolute atomic E-state index is 13.6. The van der Waals surface area contributed by atoms with E-state index in [2.05, 4.69) is 10.3 Å². The summed E-state index contributed by atoms with van der Waals surface area (Å²) in [5.41, 5.74) is 3.38. The van der Waals surface area contributed by atoms with Gasteiger partial charge in [-0.05, 0) is 81.8 Å². The number of benzene rings is 2. The molecule has 0 radical (unpaired) electrons. The maximum atomic E-state index is 13.6. The topological polar surface area (TPSA) is 111 Å². The number of ether oxygens (including phenoxy) is 2. The SMILES string of the molecule is Cc1cc(OC(=O)[C@@H](Cc2c[nH]c3ccccc23)NC(=O)OC(C)(C)C)c2c3c(c(=O)oc2c1)CCC3. The molecule has 5 rings (SSSR count). The number of alkyl carbamates (subject to hydrolysis) is 1. The largest absolute Gasteiger partial charge is 0.444 e. The van der Waals surface area contributed by atoms with Crippen molar-refractivity contribution in [1.82, 2.24) is 10.3 Å². The fourth-order valence-corrected chi connectivity index (χ4v) is 4.93. The number of aryl methyl sites for hydroxylation is 2. The molecule has 192 valence electrons. The van der Waals surface area contributed by atoms with E-state index in [1.54, 1.807) is 32.9 Å². The van der Waals surface area contributed by atoms with Crippen LogP contribution in [0.2, 0.25) is 0 Å². The molecule has 1 aliphatic rings. The summed E-state index contributed by atoms with van der Waals surface area (Å²) in [5.74, 6) is -0.321. The molecular formula is C29H30N2O6. The van der Waals surface area contributed by atoms with Crippen LogP contribution in [0, 0.1) is 6.92 Å². The first kappa shape index (κ1) is 24.6. The molecule has 0 aliphatic heterocycles. The number of nitrogens with one attached hydrogen (secondary N) is 2. The van der Waals surface area contributed by atoms with Crippen molar-refractivity contribution in [3.63, 3.8) is 0 Å². The average molecular weight is 503 g/mol. The molecule has 2 aromatic carbocycles. The van der Waals surface area contributed by atoms with Gasteiger partial charge in [0.05, 0.1) is 5.39 Å². The Kier molecular flexibility index (Phi) is 6.27. The molecule has 1 aliphatic carbocycles. The fraction of sp³-hybridized carbons (Fsp3) is 0.345. The quantitative estimate of drug-likeness (QED) is 0.223. The summed E-state index contributed by atoms with van der Waals surface area (Å²) >= 11 is 0. The van der Waals surface area contributed by atoms with Gasteiger partial charge in [-0.1, -0.05) is 18.2 Å². The second-order valence-electron chi connectivity index (χ2n) is 10.5. The Balaban J connectivity index is 1.50. The molecule has 2 aromatic heterocycles. The van der Waals surface area contributed by atoms with Crippen LogP contribution in [-0.4, -0.2) is 28.7 Å². The lowest BCUT2D eigenvalue weighted by Crippen LogP contribution is -2.46. The van der Waals surface area contributed by atoms with Crippen molar-refractivity contribution in [2.45, 2.75) is 65.0 Å². The molecule has 0 unspecified atom stereocenters. The van der Waals surface area contributed by atoms with E-state index >= 15 is 0 Å². The Bertz CT molecular complexity index is 1570. The van der Waals surface area contributed by atoms with Gasteiger partial charge in [-0.25, -0.2) is 14.4 Å². The summed E-state index contributed by atoms with van der Waals surface area (Å²) in [4.78, 5) is 41.9. The zero-order valence-electron chi connectivity index (χ0n) is 21.4. The number of aromatic amines is 1. The zero-order valence-corrected chi connectivity index (χ0v) is 21.4. The lowest BCUT2D eigenvalue weighted by atomic mass is 10.0. The predicted octanol–water partition coefficient (Wildman–Crippen LogP) is 5.11. The highest BCUT2D eigenvalue weighted by Crippen LogP contribution is 2.35. The van der Waals surface area contributed by atoms with Crippen LogP contribution in [-0.2, 0) is 28.8 Å². The highest BCUT2D eigenvalue weighted by atomic mass is 16.6. The number of carbonyl (C=O) groups is 2. The van der Waals surface area contributed by atoms with Crippen LogP contribution in [0.3, 0.4) is 0 Å². The number of hydrogen-bond donors (Lipinski definition) is 2. The van der Waals surface area contributed by atoms with Crippen molar-refractivity contribution in [3.8, 4) is 5.75 Å². The third-order valence-corrected chi connectivity index (χ3v) is 6.46. The van der Waals surface area contributed by atoms with Crippen molar-refractivity contribution in [2.75, 3.05) is 0 Å². The van der Waals surface area contributed by atoms with E-state index in [0.717, 1.165) is 34.0 Å². The van der Waals surface area contributed by atoms with Crippen molar-refractivity contribution >= 4 is 33.9 Å². The van der Waals surface area contributed by atoms with E-state index in [9.17, 15) is 14.4 Å². The number of fused-ring (bicyclic) bond motifs is 4. The van der Waals surface area contributed by atoms with E-state index in [0.29, 0.717) is 35.1 Å². The monoisotopic (exact) mass is 502 g/mol. The fourth-order valence-electron chi connectivity index (χ4n) is 4.93. The minimum absolute atomic E-state index is 0.193. The van der Waals surface area contributed by atoms with Crippen LogP contribution in [0.4, 0.5) is 4.79 Å². The average Bonchev–Trinajstić information content (AvgIpc) is 3.45. The number of amides is 1. The molecule has 0 saturated heterocycles. The molecule has 0 saturated carbocycles. The highest BCUT2D eigenvalue weighted by Gasteiger charge is 2.29. The normalized spacial score (nSPS) is 13.9. The Hall–Kier alpha value is -4.07. The molecule has 0 bridgehead atoms. The third kappa shape index (κ3) is 5.09. The molecule has 1 atom stereocenters. The zero-order chi connectivity index (χ0) is 26.3. The molecule has 8 nitrogen and oxygen atoms in total. The summed E-state index contributed by atoms with van der Waals surface area (Å²) < 4.78 is 16.9. The van der Waals surface area contributed by atoms with Gasteiger partial charge in [0.25, 0.3) is 0 Å². The number of carbonyl (C=O) groups excluding carboxylic acids is 2. The summed E-state index contributed by atoms with van der Waals surface area (Å²) in [5, 5.41) is 4.28. The first-order valence-corrected chi connectivity index (χ1v) is 12.4. The second kappa shape index (κ2) is 9.42. The van der Waals surface area contributed by atoms with Crippen LogP contribution in [0.15, 0.2) is 51.8 Å². The Morgan fingerprint density at radius 1 is 1.14 bits per heavy atom. The van der Waals surface area contributed by atoms with Gasteiger partial charge in [-0.2, -0.15) is 0 Å². The Morgan fingerprint density at radius 2 is 1.89 bits per heavy atom. The van der Waals surface area contributed by atoms with E-state index in [-0.39, 0.29) is 12.0 Å². The summed E-state index contributed by atoms with van der Waals surface area (Å²) in [7, 11) is 0. The van der Waals surface area contributed by atoms with Crippen molar-refractivity contribution < 1.29 is 23.5 Å². The molecule has 1 amide bonds. The number of rotatable bonds is 5. The van der Waals surface area contributed by atoms with Gasteiger partial charge in [0.15, 0.2) is 0 Å². The van der Waals surface area contributed by atoms with Gasteiger partial charge in [0.1, 0.15) is 23.0 Å². The van der Waals surface area contributed by atoms with Crippen molar-refractivity contribution in [2.24, 2.45) is 0 Å². The second-order valence-corrected chi connectivity index (χ2v) is 10.5. The van der Waals surface area contributed by atoms with Crippen molar-refractivity contribution in [1.29, 1.82) is 0 Å². The van der Waals surface area contributed by atoms with E-state index in [4.69, 9.17) is 13.9 Å².